The van der Waals surface area contributed by atoms with E-state index in [1.54, 1.807) is 33.9 Å². The van der Waals surface area contributed by atoms with Crippen molar-refractivity contribution < 1.29 is 18.3 Å². The summed E-state index contributed by atoms with van der Waals surface area (Å²) in [6.45, 7) is 7.22. The van der Waals surface area contributed by atoms with Crippen LogP contribution in [0.25, 0.3) is 0 Å². The zero-order valence-electron chi connectivity index (χ0n) is 21.9. The number of ether oxygens (including phenoxy) is 2. The van der Waals surface area contributed by atoms with Crippen LogP contribution in [0.4, 0.5) is 20.2 Å². The quantitative estimate of drug-likeness (QED) is 0.267. The molecule has 4 aromatic rings. The van der Waals surface area contributed by atoms with Crippen LogP contribution in [0.3, 0.4) is 0 Å². The van der Waals surface area contributed by atoms with Gasteiger partial charge in [0.1, 0.15) is 28.7 Å². The fraction of sp³-hybridized carbons (Fsp3) is 0.267. The molecule has 0 fully saturated rings. The predicted molar refractivity (Wildman–Crippen MR) is 144 cm³/mol. The highest BCUT2D eigenvalue weighted by atomic mass is 19.1. The molecule has 6 nitrogen and oxygen atoms in total. The molecule has 4 rings (SSSR count). The molecule has 0 heterocycles. The maximum atomic E-state index is 13.9. The Bertz CT molecular complexity index is 1480. The Kier molecular flexibility index (Phi) is 7.64. The van der Waals surface area contributed by atoms with Gasteiger partial charge in [0.15, 0.2) is 5.75 Å². The molecule has 0 radical (unpaired) electrons. The van der Waals surface area contributed by atoms with E-state index in [4.69, 9.17) is 9.47 Å². The highest BCUT2D eigenvalue weighted by Gasteiger charge is 2.27. The van der Waals surface area contributed by atoms with Crippen molar-refractivity contribution in [3.63, 3.8) is 0 Å². The molecule has 0 aliphatic rings. The Morgan fingerprint density at radius 2 is 1.47 bits per heavy atom. The van der Waals surface area contributed by atoms with Crippen molar-refractivity contribution >= 4 is 11.4 Å². The van der Waals surface area contributed by atoms with Gasteiger partial charge in [0.2, 0.25) is 0 Å². The van der Waals surface area contributed by atoms with Crippen molar-refractivity contribution in [2.45, 2.75) is 45.4 Å². The van der Waals surface area contributed by atoms with E-state index in [1.165, 1.54) is 12.1 Å². The average Bonchev–Trinajstić information content (AvgIpc) is 2.88. The Morgan fingerprint density at radius 3 is 2.08 bits per heavy atom. The summed E-state index contributed by atoms with van der Waals surface area (Å²) in [5.74, 6) is -0.599. The van der Waals surface area contributed by atoms with E-state index in [2.05, 4.69) is 10.6 Å². The van der Waals surface area contributed by atoms with Crippen LogP contribution < -0.4 is 31.0 Å². The first-order valence-electron chi connectivity index (χ1n) is 12.2. The molecule has 0 amide bonds. The smallest absolute Gasteiger partial charge is 0.272 e. The molecule has 198 valence electrons. The van der Waals surface area contributed by atoms with Crippen LogP contribution in [0.2, 0.25) is 0 Å². The van der Waals surface area contributed by atoms with Crippen molar-refractivity contribution in [2.75, 3.05) is 12.4 Å². The van der Waals surface area contributed by atoms with Gasteiger partial charge < -0.3 is 14.8 Å². The van der Waals surface area contributed by atoms with Crippen molar-refractivity contribution in [2.24, 2.45) is 0 Å². The molecule has 0 aliphatic carbocycles. The lowest BCUT2D eigenvalue weighted by Gasteiger charge is -2.26. The highest BCUT2D eigenvalue weighted by molar-refractivity contribution is 5.70. The molecule has 8 heteroatoms. The van der Waals surface area contributed by atoms with Crippen molar-refractivity contribution in [1.82, 2.24) is 5.32 Å². The summed E-state index contributed by atoms with van der Waals surface area (Å²) in [5, 5.41) is 6.50. The summed E-state index contributed by atoms with van der Waals surface area (Å²) >= 11 is 0. The minimum atomic E-state index is -0.660. The van der Waals surface area contributed by atoms with Crippen LogP contribution in [-0.4, -0.2) is 12.7 Å². The normalized spacial score (nSPS) is 13.2. The molecule has 38 heavy (non-hydrogen) atoms. The largest absolute Gasteiger partial charge is 0.497 e. The van der Waals surface area contributed by atoms with Crippen LogP contribution in [-0.2, 0) is 0 Å². The number of rotatable bonds is 9. The van der Waals surface area contributed by atoms with Gasteiger partial charge in [-0.2, -0.15) is 0 Å². The Balaban J connectivity index is 1.68. The standard InChI is InChI=1S/C30H30F2N2O4/c1-17(20-13-21(31)16-22(32)14-20)33-25(18-9-11-24(37-5)12-10-18)19-7-6-8-23(15-19)34-26-27(35)28(36)29(26)38-30(2,3)4/h6-17,25,33-34H,1-5H3. The average molecular weight is 521 g/mol. The molecule has 0 aromatic heterocycles. The second-order valence-corrected chi connectivity index (χ2v) is 10.1. The summed E-state index contributed by atoms with van der Waals surface area (Å²) in [5.41, 5.74) is 0.920. The van der Waals surface area contributed by atoms with Crippen LogP contribution in [0.1, 0.15) is 56.5 Å². The van der Waals surface area contributed by atoms with Gasteiger partial charge in [0, 0.05) is 17.8 Å². The number of methoxy groups -OCH3 is 1. The van der Waals surface area contributed by atoms with E-state index in [0.717, 1.165) is 17.2 Å². The van der Waals surface area contributed by atoms with Gasteiger partial charge in [-0.15, -0.1) is 0 Å². The monoisotopic (exact) mass is 520 g/mol. The van der Waals surface area contributed by atoms with E-state index in [-0.39, 0.29) is 17.5 Å². The summed E-state index contributed by atoms with van der Waals surface area (Å²) in [4.78, 5) is 24.4. The number of hydrogen-bond acceptors (Lipinski definition) is 6. The number of anilines is 2. The first-order valence-corrected chi connectivity index (χ1v) is 12.2. The lowest BCUT2D eigenvalue weighted by molar-refractivity contribution is 0.128. The van der Waals surface area contributed by atoms with Crippen molar-refractivity contribution in [3.05, 3.63) is 116 Å². The Hall–Kier alpha value is -4.04. The minimum absolute atomic E-state index is 0.0134. The molecular weight excluding hydrogens is 490 g/mol. The van der Waals surface area contributed by atoms with Gasteiger partial charge >= 0.3 is 0 Å². The maximum absolute atomic E-state index is 13.9. The maximum Gasteiger partial charge on any atom is 0.272 e. The third kappa shape index (κ3) is 6.08. The lowest BCUT2D eigenvalue weighted by atomic mass is 9.96. The van der Waals surface area contributed by atoms with Gasteiger partial charge in [-0.05, 0) is 80.8 Å². The van der Waals surface area contributed by atoms with Gasteiger partial charge in [-0.1, -0.05) is 24.3 Å². The third-order valence-corrected chi connectivity index (χ3v) is 6.01. The van der Waals surface area contributed by atoms with E-state index in [0.29, 0.717) is 17.0 Å². The van der Waals surface area contributed by atoms with E-state index >= 15 is 0 Å². The summed E-state index contributed by atoms with van der Waals surface area (Å²) < 4.78 is 38.8. The van der Waals surface area contributed by atoms with E-state index < -0.39 is 34.1 Å². The molecule has 4 aromatic carbocycles. The number of nitrogens with one attached hydrogen (secondary N) is 2. The number of benzene rings is 3. The second-order valence-electron chi connectivity index (χ2n) is 10.1. The second kappa shape index (κ2) is 10.8. The van der Waals surface area contributed by atoms with Crippen LogP contribution in [0.5, 0.6) is 11.5 Å². The van der Waals surface area contributed by atoms with Crippen molar-refractivity contribution in [3.8, 4) is 11.5 Å². The van der Waals surface area contributed by atoms with Gasteiger partial charge in [0.05, 0.1) is 13.2 Å². The van der Waals surface area contributed by atoms with Gasteiger partial charge in [-0.3, -0.25) is 14.9 Å². The molecule has 2 N–H and O–H groups in total. The first kappa shape index (κ1) is 27.0. The molecule has 0 bridgehead atoms. The molecule has 0 saturated heterocycles. The summed E-state index contributed by atoms with van der Waals surface area (Å²) in [6.07, 6.45) is 0. The van der Waals surface area contributed by atoms with Crippen LogP contribution >= 0.6 is 0 Å². The number of hydrogen-bond donors (Lipinski definition) is 2. The molecule has 0 saturated carbocycles. The van der Waals surface area contributed by atoms with E-state index in [1.807, 2.05) is 49.4 Å². The van der Waals surface area contributed by atoms with Gasteiger partial charge in [0.25, 0.3) is 10.9 Å². The third-order valence-electron chi connectivity index (χ3n) is 6.01. The number of halogens is 2. The Labute approximate surface area is 219 Å². The fourth-order valence-corrected chi connectivity index (χ4v) is 4.18. The van der Waals surface area contributed by atoms with Gasteiger partial charge in [-0.25, -0.2) is 8.78 Å². The molecule has 0 aliphatic heterocycles. The summed E-state index contributed by atoms with van der Waals surface area (Å²) in [6, 6.07) is 17.4. The Morgan fingerprint density at radius 1 is 0.816 bits per heavy atom. The fourth-order valence-electron chi connectivity index (χ4n) is 4.18. The lowest BCUT2D eigenvalue weighted by Crippen LogP contribution is -2.39. The SMILES string of the molecule is COc1ccc(C(NC(C)c2cc(F)cc(F)c2)c2cccc(Nc3c(OC(C)(C)C)c(=O)c3=O)c2)cc1. The molecular formula is C30H30F2N2O4. The topological polar surface area (TPSA) is 76.7 Å². The van der Waals surface area contributed by atoms with Crippen LogP contribution in [0, 0.1) is 11.6 Å². The minimum Gasteiger partial charge on any atom is -0.497 e. The molecule has 0 spiro atoms. The molecule has 2 unspecified atom stereocenters. The van der Waals surface area contributed by atoms with Crippen molar-refractivity contribution in [1.29, 1.82) is 0 Å². The first-order chi connectivity index (χ1) is 17.9. The van der Waals surface area contributed by atoms with Crippen LogP contribution in [0.15, 0.2) is 76.3 Å². The highest BCUT2D eigenvalue weighted by Crippen LogP contribution is 2.31. The zero-order chi connectivity index (χ0) is 27.6. The zero-order valence-corrected chi connectivity index (χ0v) is 21.9. The molecule has 2 atom stereocenters. The summed E-state index contributed by atoms with van der Waals surface area (Å²) in [7, 11) is 1.58. The van der Waals surface area contributed by atoms with E-state index in [9.17, 15) is 18.4 Å². The predicted octanol–water partition coefficient (Wildman–Crippen LogP) is 5.93.